The van der Waals surface area contributed by atoms with Crippen molar-refractivity contribution in [1.82, 2.24) is 9.88 Å². The molecular weight excluding hydrogens is 408 g/mol. The van der Waals surface area contributed by atoms with Gasteiger partial charge in [-0.05, 0) is 43.2 Å². The van der Waals surface area contributed by atoms with Crippen LogP contribution in [0, 0.1) is 0 Å². The molecule has 0 aliphatic carbocycles. The number of thiazole rings is 1. The predicted molar refractivity (Wildman–Crippen MR) is 114 cm³/mol. The number of amides is 1. The van der Waals surface area contributed by atoms with Crippen LogP contribution in [0.25, 0.3) is 11.3 Å². The second-order valence-electron chi connectivity index (χ2n) is 6.62. The number of hydrogen-bond acceptors (Lipinski definition) is 7. The first-order valence-electron chi connectivity index (χ1n) is 9.36. The van der Waals surface area contributed by atoms with E-state index in [-0.39, 0.29) is 5.91 Å². The van der Waals surface area contributed by atoms with E-state index in [0.29, 0.717) is 23.0 Å². The zero-order chi connectivity index (χ0) is 20.2. The fraction of sp³-hybridized carbons (Fsp3) is 0.333. The van der Waals surface area contributed by atoms with Gasteiger partial charge in [-0.3, -0.25) is 4.79 Å². The minimum atomic E-state index is -0.0104. The van der Waals surface area contributed by atoms with E-state index in [1.165, 1.54) is 0 Å². The van der Waals surface area contributed by atoms with E-state index in [4.69, 9.17) is 18.9 Å². The Morgan fingerprint density at radius 2 is 1.97 bits per heavy atom. The predicted octanol–water partition coefficient (Wildman–Crippen LogP) is 4.95. The van der Waals surface area contributed by atoms with Crippen molar-refractivity contribution >= 4 is 29.0 Å². The molecule has 0 saturated carbocycles. The molecule has 1 aromatic carbocycles. The third kappa shape index (κ3) is 4.43. The zero-order valence-electron chi connectivity index (χ0n) is 16.3. The van der Waals surface area contributed by atoms with E-state index in [9.17, 15) is 4.79 Å². The molecule has 152 valence electrons. The molecule has 0 atom stereocenters. The van der Waals surface area contributed by atoms with Gasteiger partial charge in [-0.15, -0.1) is 11.3 Å². The van der Waals surface area contributed by atoms with Crippen LogP contribution in [0.15, 0.2) is 44.5 Å². The molecule has 0 radical (unpaired) electrons. The number of likely N-dealkylation sites (tertiary alicyclic amines) is 1. The second kappa shape index (κ2) is 8.92. The molecule has 1 saturated heterocycles. The van der Waals surface area contributed by atoms with Gasteiger partial charge in [0.25, 0.3) is 5.91 Å². The topological polar surface area (TPSA) is 64.8 Å². The van der Waals surface area contributed by atoms with Crippen molar-refractivity contribution in [1.29, 1.82) is 0 Å². The first-order chi connectivity index (χ1) is 14.2. The second-order valence-corrected chi connectivity index (χ2v) is 8.70. The number of aromatic nitrogens is 1. The fourth-order valence-corrected chi connectivity index (χ4v) is 4.96. The highest BCUT2D eigenvalue weighted by molar-refractivity contribution is 8.00. The van der Waals surface area contributed by atoms with Crippen LogP contribution in [0.3, 0.4) is 0 Å². The number of rotatable bonds is 7. The van der Waals surface area contributed by atoms with Crippen molar-refractivity contribution in [3.63, 3.8) is 0 Å². The summed E-state index contributed by atoms with van der Waals surface area (Å²) >= 11 is 3.18. The van der Waals surface area contributed by atoms with E-state index in [0.717, 1.165) is 47.3 Å². The number of carbonyl (C=O) groups is 1. The third-order valence-electron chi connectivity index (χ3n) is 4.77. The minimum absolute atomic E-state index is 0.0104. The molecule has 0 N–H and O–H groups in total. The summed E-state index contributed by atoms with van der Waals surface area (Å²) in [4.78, 5) is 18.9. The number of nitrogens with zero attached hydrogens (tertiary/aromatic N) is 2. The van der Waals surface area contributed by atoms with E-state index < -0.39 is 0 Å². The molecule has 0 bridgehead atoms. The van der Waals surface area contributed by atoms with E-state index in [1.807, 2.05) is 34.5 Å². The van der Waals surface area contributed by atoms with Crippen LogP contribution < -0.4 is 9.47 Å². The van der Waals surface area contributed by atoms with Crippen molar-refractivity contribution in [2.24, 2.45) is 0 Å². The number of thioether (sulfide) groups is 1. The Morgan fingerprint density at radius 1 is 1.17 bits per heavy atom. The average Bonchev–Trinajstić information content (AvgIpc) is 3.52. The number of benzene rings is 1. The molecule has 6 nitrogen and oxygen atoms in total. The van der Waals surface area contributed by atoms with Gasteiger partial charge in [0, 0.05) is 24.0 Å². The third-order valence-corrected chi connectivity index (χ3v) is 6.81. The molecule has 0 spiro atoms. The number of carbonyl (C=O) groups excluding carboxylic acids is 1. The molecule has 1 aliphatic rings. The van der Waals surface area contributed by atoms with Crippen molar-refractivity contribution in [2.45, 2.75) is 22.9 Å². The molecule has 3 heterocycles. The van der Waals surface area contributed by atoms with Crippen LogP contribution in [-0.2, 0) is 5.75 Å². The summed E-state index contributed by atoms with van der Waals surface area (Å²) in [6, 6.07) is 9.41. The van der Waals surface area contributed by atoms with Gasteiger partial charge in [0.1, 0.15) is 5.76 Å². The van der Waals surface area contributed by atoms with Gasteiger partial charge < -0.3 is 18.8 Å². The first kappa shape index (κ1) is 19.8. The Hall–Kier alpha value is -2.45. The lowest BCUT2D eigenvalue weighted by Gasteiger charge is -2.12. The summed E-state index contributed by atoms with van der Waals surface area (Å²) in [5.74, 6) is 3.19. The van der Waals surface area contributed by atoms with Crippen LogP contribution in [-0.4, -0.2) is 43.1 Å². The summed E-state index contributed by atoms with van der Waals surface area (Å²) in [5.41, 5.74) is 1.87. The molecule has 2 aromatic heterocycles. The zero-order valence-corrected chi connectivity index (χ0v) is 18.0. The van der Waals surface area contributed by atoms with Gasteiger partial charge in [-0.25, -0.2) is 4.98 Å². The van der Waals surface area contributed by atoms with Crippen LogP contribution in [0.4, 0.5) is 0 Å². The molecule has 1 aliphatic heterocycles. The molecule has 3 aromatic rings. The smallest absolute Gasteiger partial charge is 0.289 e. The Balaban J connectivity index is 1.39. The molecule has 29 heavy (non-hydrogen) atoms. The monoisotopic (exact) mass is 430 g/mol. The number of furan rings is 1. The maximum atomic E-state index is 12.4. The van der Waals surface area contributed by atoms with Gasteiger partial charge in [0.15, 0.2) is 21.6 Å². The van der Waals surface area contributed by atoms with Crippen LogP contribution in [0.5, 0.6) is 11.5 Å². The number of methoxy groups -OCH3 is 2. The van der Waals surface area contributed by atoms with Crippen molar-refractivity contribution in [3.05, 3.63) is 47.2 Å². The van der Waals surface area contributed by atoms with Gasteiger partial charge in [0.05, 0.1) is 25.7 Å². The van der Waals surface area contributed by atoms with E-state index >= 15 is 0 Å². The minimum Gasteiger partial charge on any atom is -0.493 e. The van der Waals surface area contributed by atoms with Gasteiger partial charge >= 0.3 is 0 Å². The normalized spacial score (nSPS) is 13.7. The molecule has 8 heteroatoms. The quantitative estimate of drug-likeness (QED) is 0.494. The maximum Gasteiger partial charge on any atom is 0.289 e. The molecule has 1 amide bonds. The lowest BCUT2D eigenvalue weighted by molar-refractivity contribution is 0.0760. The Morgan fingerprint density at radius 3 is 2.72 bits per heavy atom. The highest BCUT2D eigenvalue weighted by Crippen LogP contribution is 2.35. The average molecular weight is 431 g/mol. The van der Waals surface area contributed by atoms with Crippen molar-refractivity contribution in [3.8, 4) is 22.8 Å². The van der Waals surface area contributed by atoms with E-state index in [1.54, 1.807) is 43.4 Å². The summed E-state index contributed by atoms with van der Waals surface area (Å²) in [6.07, 6.45) is 2.14. The molecular formula is C21H22N2O4S2. The standard InChI is InChI=1S/C21H22N2O4S2/c1-25-17-7-5-14(11-19(17)26-2)16-13-29-21(22-16)28-12-15-6-8-18(27-15)20(24)23-9-3-4-10-23/h5-8,11,13H,3-4,9-10,12H2,1-2H3. The van der Waals surface area contributed by atoms with Crippen LogP contribution in [0.1, 0.15) is 29.2 Å². The maximum absolute atomic E-state index is 12.4. The van der Waals surface area contributed by atoms with E-state index in [2.05, 4.69) is 0 Å². The van der Waals surface area contributed by atoms with Crippen LogP contribution in [0.2, 0.25) is 0 Å². The number of hydrogen-bond donors (Lipinski definition) is 0. The largest absolute Gasteiger partial charge is 0.493 e. The van der Waals surface area contributed by atoms with Crippen molar-refractivity contribution in [2.75, 3.05) is 27.3 Å². The summed E-state index contributed by atoms with van der Waals surface area (Å²) in [7, 11) is 3.24. The Labute approximate surface area is 177 Å². The number of ether oxygens (including phenoxy) is 2. The lowest BCUT2D eigenvalue weighted by atomic mass is 10.1. The van der Waals surface area contributed by atoms with Gasteiger partial charge in [-0.1, -0.05) is 11.8 Å². The first-order valence-corrected chi connectivity index (χ1v) is 11.2. The Kier molecular flexibility index (Phi) is 6.10. The van der Waals surface area contributed by atoms with Gasteiger partial charge in [0.2, 0.25) is 0 Å². The fourth-order valence-electron chi connectivity index (χ4n) is 3.23. The molecule has 0 unspecified atom stereocenters. The summed E-state index contributed by atoms with van der Waals surface area (Å²) in [6.45, 7) is 1.64. The Bertz CT molecular complexity index is 992. The van der Waals surface area contributed by atoms with Gasteiger partial charge in [-0.2, -0.15) is 0 Å². The highest BCUT2D eigenvalue weighted by Gasteiger charge is 2.22. The SMILES string of the molecule is COc1ccc(-c2csc(SCc3ccc(C(=O)N4CCCC4)o3)n2)cc1OC. The molecule has 4 rings (SSSR count). The summed E-state index contributed by atoms with van der Waals surface area (Å²) < 4.78 is 17.4. The van der Waals surface area contributed by atoms with Crippen LogP contribution >= 0.6 is 23.1 Å². The highest BCUT2D eigenvalue weighted by atomic mass is 32.2. The summed E-state index contributed by atoms with van der Waals surface area (Å²) in [5, 5.41) is 2.02. The lowest BCUT2D eigenvalue weighted by Crippen LogP contribution is -2.27. The molecule has 1 fully saturated rings. The van der Waals surface area contributed by atoms with Crippen molar-refractivity contribution < 1.29 is 18.7 Å².